The molecule has 1 N–H and O–H groups in total. The average Bonchev–Trinajstić information content (AvgIpc) is 2.94. The van der Waals surface area contributed by atoms with Crippen molar-refractivity contribution in [3.8, 4) is 0 Å². The molecule has 0 spiro atoms. The van der Waals surface area contributed by atoms with E-state index >= 15 is 0 Å². The fourth-order valence-corrected chi connectivity index (χ4v) is 4.30. The summed E-state index contributed by atoms with van der Waals surface area (Å²) in [6, 6.07) is 13.3. The summed E-state index contributed by atoms with van der Waals surface area (Å²) in [6.07, 6.45) is 3.47. The predicted octanol–water partition coefficient (Wildman–Crippen LogP) is 3.00. The smallest absolute Gasteiger partial charge is 0.227 e. The minimum Gasteiger partial charge on any atom is -0.367 e. The lowest BCUT2D eigenvalue weighted by Crippen LogP contribution is -2.39. The van der Waals surface area contributed by atoms with Crippen molar-refractivity contribution >= 4 is 11.8 Å². The number of nitrogens with zero attached hydrogens (tertiary/aromatic N) is 5. The van der Waals surface area contributed by atoms with Crippen LogP contribution in [0.1, 0.15) is 30.5 Å². The maximum absolute atomic E-state index is 4.88. The number of likely N-dealkylation sites (tertiary alicyclic amines) is 1. The number of aryl methyl sites for hydroxylation is 1. The van der Waals surface area contributed by atoms with Crippen LogP contribution >= 0.6 is 0 Å². The van der Waals surface area contributed by atoms with Crippen molar-refractivity contribution in [2.24, 2.45) is 0 Å². The van der Waals surface area contributed by atoms with E-state index in [9.17, 15) is 0 Å². The van der Waals surface area contributed by atoms with Crippen LogP contribution in [0.5, 0.6) is 0 Å². The van der Waals surface area contributed by atoms with Crippen LogP contribution in [0.3, 0.4) is 0 Å². The summed E-state index contributed by atoms with van der Waals surface area (Å²) >= 11 is 0. The molecule has 6 nitrogen and oxygen atoms in total. The Hall–Kier alpha value is -2.18. The first-order valence-corrected chi connectivity index (χ1v) is 11.0. The molecule has 0 bridgehead atoms. The van der Waals surface area contributed by atoms with E-state index in [0.717, 1.165) is 82.5 Å². The zero-order valence-electron chi connectivity index (χ0n) is 17.8. The Morgan fingerprint density at radius 1 is 0.966 bits per heavy atom. The molecule has 2 aromatic rings. The first-order valence-electron chi connectivity index (χ1n) is 11.0. The summed E-state index contributed by atoms with van der Waals surface area (Å²) < 4.78 is 0. The molecule has 29 heavy (non-hydrogen) atoms. The van der Waals surface area contributed by atoms with Crippen molar-refractivity contribution in [3.05, 3.63) is 47.7 Å². The molecule has 2 aliphatic heterocycles. The van der Waals surface area contributed by atoms with Gasteiger partial charge in [-0.15, -0.1) is 0 Å². The van der Waals surface area contributed by atoms with Crippen molar-refractivity contribution in [2.45, 2.75) is 38.8 Å². The van der Waals surface area contributed by atoms with E-state index in [1.165, 1.54) is 5.56 Å². The van der Waals surface area contributed by atoms with Gasteiger partial charge in [0.1, 0.15) is 5.82 Å². The highest BCUT2D eigenvalue weighted by atomic mass is 15.3. The largest absolute Gasteiger partial charge is 0.367 e. The molecule has 1 aromatic carbocycles. The van der Waals surface area contributed by atoms with Crippen LogP contribution in [0.4, 0.5) is 11.8 Å². The van der Waals surface area contributed by atoms with Crippen LogP contribution in [-0.2, 0) is 6.54 Å². The first-order chi connectivity index (χ1) is 14.2. The number of piperidine rings is 1. The van der Waals surface area contributed by atoms with E-state index in [4.69, 9.17) is 9.97 Å². The lowest BCUT2D eigenvalue weighted by molar-refractivity contribution is 0.211. The molecule has 2 saturated heterocycles. The van der Waals surface area contributed by atoms with E-state index in [1.807, 2.05) is 0 Å². The third kappa shape index (κ3) is 5.67. The molecule has 3 heterocycles. The summed E-state index contributed by atoms with van der Waals surface area (Å²) in [5.41, 5.74) is 2.44. The predicted molar refractivity (Wildman–Crippen MR) is 119 cm³/mol. The quantitative estimate of drug-likeness (QED) is 0.841. The van der Waals surface area contributed by atoms with Crippen molar-refractivity contribution in [3.63, 3.8) is 0 Å². The number of anilines is 2. The van der Waals surface area contributed by atoms with Gasteiger partial charge in [-0.3, -0.25) is 4.90 Å². The van der Waals surface area contributed by atoms with E-state index in [2.05, 4.69) is 70.4 Å². The van der Waals surface area contributed by atoms with Crippen molar-refractivity contribution < 1.29 is 0 Å². The van der Waals surface area contributed by atoms with Gasteiger partial charge in [0.15, 0.2) is 0 Å². The summed E-state index contributed by atoms with van der Waals surface area (Å²) in [4.78, 5) is 16.9. The Morgan fingerprint density at radius 2 is 1.76 bits per heavy atom. The number of nitrogens with one attached hydrogen (secondary N) is 1. The highest BCUT2D eigenvalue weighted by molar-refractivity contribution is 5.44. The van der Waals surface area contributed by atoms with Gasteiger partial charge >= 0.3 is 0 Å². The lowest BCUT2D eigenvalue weighted by atomic mass is 10.0. The Morgan fingerprint density at radius 3 is 2.55 bits per heavy atom. The van der Waals surface area contributed by atoms with Gasteiger partial charge in [-0.2, -0.15) is 4.98 Å². The van der Waals surface area contributed by atoms with Crippen molar-refractivity contribution in [1.29, 1.82) is 0 Å². The zero-order chi connectivity index (χ0) is 20.1. The second-order valence-electron chi connectivity index (χ2n) is 8.52. The van der Waals surface area contributed by atoms with Gasteiger partial charge in [-0.1, -0.05) is 30.3 Å². The standard InChI is InChI=1S/C23H34N6/c1-19-17-22(26-23(24-19)29-12-6-11-27(2)15-16-29)25-21-9-13-28(14-10-21)18-20-7-4-3-5-8-20/h3-5,7-8,17,21H,6,9-16,18H2,1-2H3,(H,24,25,26). The van der Waals surface area contributed by atoms with E-state index in [-0.39, 0.29) is 0 Å². The highest BCUT2D eigenvalue weighted by Crippen LogP contribution is 2.20. The Labute approximate surface area is 174 Å². The number of likely N-dealkylation sites (N-methyl/N-ethyl adjacent to an activating group) is 1. The van der Waals surface area contributed by atoms with Gasteiger partial charge in [-0.25, -0.2) is 4.98 Å². The monoisotopic (exact) mass is 394 g/mol. The summed E-state index contributed by atoms with van der Waals surface area (Å²) in [6.45, 7) is 9.62. The van der Waals surface area contributed by atoms with Crippen LogP contribution in [0.15, 0.2) is 36.4 Å². The molecule has 6 heteroatoms. The van der Waals surface area contributed by atoms with E-state index < -0.39 is 0 Å². The molecule has 156 valence electrons. The third-order valence-electron chi connectivity index (χ3n) is 6.03. The van der Waals surface area contributed by atoms with Crippen molar-refractivity contribution in [2.75, 3.05) is 56.5 Å². The Bertz CT molecular complexity index is 772. The molecule has 2 aliphatic rings. The number of benzene rings is 1. The molecule has 1 aromatic heterocycles. The summed E-state index contributed by atoms with van der Waals surface area (Å²) in [5.74, 6) is 1.86. The molecule has 0 amide bonds. The normalized spacial score (nSPS) is 19.9. The molecule has 2 fully saturated rings. The fourth-order valence-electron chi connectivity index (χ4n) is 4.30. The van der Waals surface area contributed by atoms with Crippen LogP contribution in [0.25, 0.3) is 0 Å². The Balaban J connectivity index is 1.33. The van der Waals surface area contributed by atoms with Crippen molar-refractivity contribution in [1.82, 2.24) is 19.8 Å². The van der Waals surface area contributed by atoms with E-state index in [1.54, 1.807) is 0 Å². The topological polar surface area (TPSA) is 47.5 Å². The third-order valence-corrected chi connectivity index (χ3v) is 6.03. The maximum Gasteiger partial charge on any atom is 0.227 e. The summed E-state index contributed by atoms with van der Waals surface area (Å²) in [5, 5.41) is 3.70. The second-order valence-corrected chi connectivity index (χ2v) is 8.52. The zero-order valence-corrected chi connectivity index (χ0v) is 17.8. The number of rotatable bonds is 5. The molecule has 0 radical (unpaired) electrons. The molecular weight excluding hydrogens is 360 g/mol. The first kappa shape index (κ1) is 20.1. The fraction of sp³-hybridized carbons (Fsp3) is 0.565. The van der Waals surface area contributed by atoms with Crippen LogP contribution in [0, 0.1) is 6.92 Å². The molecule has 0 saturated carbocycles. The molecule has 0 unspecified atom stereocenters. The van der Waals surface area contributed by atoms with Gasteiger partial charge in [0.2, 0.25) is 5.95 Å². The van der Waals surface area contributed by atoms with Gasteiger partial charge in [0.25, 0.3) is 0 Å². The SMILES string of the molecule is Cc1cc(NC2CCN(Cc3ccccc3)CC2)nc(N2CCCN(C)CC2)n1. The lowest BCUT2D eigenvalue weighted by Gasteiger charge is -2.32. The van der Waals surface area contributed by atoms with Crippen LogP contribution in [-0.4, -0.2) is 72.1 Å². The molecule has 0 aliphatic carbocycles. The van der Waals surface area contributed by atoms with Gasteiger partial charge in [0, 0.05) is 57.1 Å². The van der Waals surface area contributed by atoms with Gasteiger partial charge in [0.05, 0.1) is 0 Å². The van der Waals surface area contributed by atoms with E-state index in [0.29, 0.717) is 6.04 Å². The van der Waals surface area contributed by atoms with Gasteiger partial charge < -0.3 is 15.1 Å². The Kier molecular flexibility index (Phi) is 6.62. The number of hydrogen-bond acceptors (Lipinski definition) is 6. The minimum atomic E-state index is 0.486. The number of hydrogen-bond donors (Lipinski definition) is 1. The maximum atomic E-state index is 4.88. The molecule has 0 atom stereocenters. The van der Waals surface area contributed by atoms with Crippen LogP contribution < -0.4 is 10.2 Å². The minimum absolute atomic E-state index is 0.486. The highest BCUT2D eigenvalue weighted by Gasteiger charge is 2.21. The average molecular weight is 395 g/mol. The number of aromatic nitrogens is 2. The molecule has 4 rings (SSSR count). The molecular formula is C23H34N6. The second kappa shape index (κ2) is 9.55. The summed E-state index contributed by atoms with van der Waals surface area (Å²) in [7, 11) is 2.19. The van der Waals surface area contributed by atoms with Gasteiger partial charge in [-0.05, 0) is 45.3 Å². The van der Waals surface area contributed by atoms with Crippen LogP contribution in [0.2, 0.25) is 0 Å².